The third-order valence-electron chi connectivity index (χ3n) is 4.01. The number of sulfonamides is 1. The number of hydrogen-bond acceptors (Lipinski definition) is 3. The monoisotopic (exact) mass is 379 g/mol. The number of nitrogens with zero attached hydrogens (tertiary/aromatic N) is 2. The van der Waals surface area contributed by atoms with Crippen molar-refractivity contribution in [3.63, 3.8) is 0 Å². The molecule has 1 heterocycles. The van der Waals surface area contributed by atoms with Crippen molar-refractivity contribution in [2.24, 2.45) is 7.05 Å². The number of para-hydroxylation sites is 2. The fourth-order valence-corrected chi connectivity index (χ4v) is 4.21. The summed E-state index contributed by atoms with van der Waals surface area (Å²) in [6.07, 6.45) is 0. The molecular weight excluding hydrogens is 362 g/mol. The highest BCUT2D eigenvalue weighted by atomic mass is 35.5. The van der Waals surface area contributed by atoms with Gasteiger partial charge in [0.15, 0.2) is 0 Å². The SMILES string of the molecule is Cn1c(=O)n(CCNS(=O)(=O)Cc2ccccc2Cl)c2ccccc21. The topological polar surface area (TPSA) is 73.1 Å². The maximum absolute atomic E-state index is 12.3. The third-order valence-corrected chi connectivity index (χ3v) is 5.72. The van der Waals surface area contributed by atoms with Crippen LogP contribution in [0, 0.1) is 0 Å². The number of benzene rings is 2. The summed E-state index contributed by atoms with van der Waals surface area (Å²) in [5.41, 5.74) is 1.96. The Bertz CT molecular complexity index is 1070. The fourth-order valence-electron chi connectivity index (χ4n) is 2.76. The number of hydrogen-bond donors (Lipinski definition) is 1. The van der Waals surface area contributed by atoms with Gasteiger partial charge >= 0.3 is 5.69 Å². The second kappa shape index (κ2) is 7.03. The fraction of sp³-hybridized carbons (Fsp3) is 0.235. The van der Waals surface area contributed by atoms with Gasteiger partial charge in [0, 0.05) is 25.2 Å². The number of halogens is 1. The predicted octanol–water partition coefficient (Wildman–Crippen LogP) is 2.11. The Balaban J connectivity index is 1.72. The zero-order chi connectivity index (χ0) is 18.0. The van der Waals surface area contributed by atoms with Gasteiger partial charge in [-0.1, -0.05) is 41.9 Å². The van der Waals surface area contributed by atoms with Crippen LogP contribution < -0.4 is 10.4 Å². The van der Waals surface area contributed by atoms with Gasteiger partial charge in [0.2, 0.25) is 10.0 Å². The molecule has 0 unspecified atom stereocenters. The van der Waals surface area contributed by atoms with E-state index < -0.39 is 10.0 Å². The first-order chi connectivity index (χ1) is 11.9. The number of nitrogens with one attached hydrogen (secondary N) is 1. The second-order valence-electron chi connectivity index (χ2n) is 5.73. The van der Waals surface area contributed by atoms with E-state index in [0.717, 1.165) is 11.0 Å². The van der Waals surface area contributed by atoms with Crippen molar-refractivity contribution in [3.8, 4) is 0 Å². The van der Waals surface area contributed by atoms with Crippen LogP contribution in [0.5, 0.6) is 0 Å². The standard InChI is InChI=1S/C17H18ClN3O3S/c1-20-15-8-4-5-9-16(15)21(17(20)22)11-10-19-25(23,24)12-13-6-2-3-7-14(13)18/h2-9,19H,10-12H2,1H3. The lowest BCUT2D eigenvalue weighted by molar-refractivity contribution is 0.570. The van der Waals surface area contributed by atoms with Gasteiger partial charge in [-0.2, -0.15) is 0 Å². The molecule has 0 bridgehead atoms. The van der Waals surface area contributed by atoms with Gasteiger partial charge in [0.25, 0.3) is 0 Å². The zero-order valence-corrected chi connectivity index (χ0v) is 15.2. The van der Waals surface area contributed by atoms with Gasteiger partial charge in [-0.15, -0.1) is 0 Å². The van der Waals surface area contributed by atoms with Gasteiger partial charge in [0.05, 0.1) is 16.8 Å². The summed E-state index contributed by atoms with van der Waals surface area (Å²) in [6, 6.07) is 14.2. The second-order valence-corrected chi connectivity index (χ2v) is 7.94. The molecule has 0 aliphatic rings. The van der Waals surface area contributed by atoms with Crippen molar-refractivity contribution in [2.45, 2.75) is 12.3 Å². The Labute approximate surface area is 150 Å². The third kappa shape index (κ3) is 3.78. The van der Waals surface area contributed by atoms with E-state index in [4.69, 9.17) is 11.6 Å². The molecule has 0 saturated heterocycles. The Kier molecular flexibility index (Phi) is 4.99. The summed E-state index contributed by atoms with van der Waals surface area (Å²) in [6.45, 7) is 0.378. The Morgan fingerprint density at radius 3 is 2.40 bits per heavy atom. The predicted molar refractivity (Wildman–Crippen MR) is 99.3 cm³/mol. The molecule has 0 aliphatic heterocycles. The summed E-state index contributed by atoms with van der Waals surface area (Å²) < 4.78 is 30.1. The molecule has 0 amide bonds. The summed E-state index contributed by atoms with van der Waals surface area (Å²) in [5, 5.41) is 0.415. The number of aromatic nitrogens is 2. The van der Waals surface area contributed by atoms with Crippen LogP contribution >= 0.6 is 11.6 Å². The molecule has 0 atom stereocenters. The summed E-state index contributed by atoms with van der Waals surface area (Å²) in [5.74, 6) is -0.197. The largest absolute Gasteiger partial charge is 0.328 e. The van der Waals surface area contributed by atoms with Crippen LogP contribution in [-0.2, 0) is 29.4 Å². The van der Waals surface area contributed by atoms with Crippen LogP contribution in [0.1, 0.15) is 5.56 Å². The van der Waals surface area contributed by atoms with E-state index in [1.54, 1.807) is 40.4 Å². The first-order valence-electron chi connectivity index (χ1n) is 7.74. The van der Waals surface area contributed by atoms with Crippen LogP contribution in [-0.4, -0.2) is 24.1 Å². The van der Waals surface area contributed by atoms with E-state index in [1.165, 1.54) is 0 Å². The molecule has 0 radical (unpaired) electrons. The van der Waals surface area contributed by atoms with Crippen molar-refractivity contribution < 1.29 is 8.42 Å². The minimum atomic E-state index is -3.54. The summed E-state index contributed by atoms with van der Waals surface area (Å²) in [7, 11) is -1.85. The maximum Gasteiger partial charge on any atom is 0.328 e. The Morgan fingerprint density at radius 1 is 1.04 bits per heavy atom. The van der Waals surface area contributed by atoms with Crippen LogP contribution in [0.3, 0.4) is 0 Å². The van der Waals surface area contributed by atoms with E-state index in [-0.39, 0.29) is 24.5 Å². The highest BCUT2D eigenvalue weighted by Crippen LogP contribution is 2.17. The summed E-state index contributed by atoms with van der Waals surface area (Å²) in [4.78, 5) is 12.3. The Hall–Kier alpha value is -2.09. The van der Waals surface area contributed by atoms with E-state index >= 15 is 0 Å². The molecule has 3 rings (SSSR count). The van der Waals surface area contributed by atoms with E-state index in [0.29, 0.717) is 10.6 Å². The lowest BCUT2D eigenvalue weighted by Crippen LogP contribution is -2.32. The van der Waals surface area contributed by atoms with Crippen molar-refractivity contribution >= 4 is 32.7 Å². The quantitative estimate of drug-likeness (QED) is 0.713. The number of rotatable bonds is 6. The minimum Gasteiger partial charge on any atom is -0.295 e. The Morgan fingerprint density at radius 2 is 1.68 bits per heavy atom. The van der Waals surface area contributed by atoms with Gasteiger partial charge < -0.3 is 0 Å². The molecule has 1 N–H and O–H groups in total. The highest BCUT2D eigenvalue weighted by Gasteiger charge is 2.14. The van der Waals surface area contributed by atoms with Gasteiger partial charge in [-0.3, -0.25) is 9.13 Å². The lowest BCUT2D eigenvalue weighted by Gasteiger charge is -2.08. The molecule has 3 aromatic rings. The lowest BCUT2D eigenvalue weighted by atomic mass is 10.2. The average molecular weight is 380 g/mol. The number of aryl methyl sites for hydroxylation is 1. The number of imidazole rings is 1. The number of fused-ring (bicyclic) bond motifs is 1. The van der Waals surface area contributed by atoms with E-state index in [9.17, 15) is 13.2 Å². The van der Waals surface area contributed by atoms with E-state index in [1.807, 2.05) is 24.3 Å². The van der Waals surface area contributed by atoms with Crippen molar-refractivity contribution in [3.05, 3.63) is 69.6 Å². The summed E-state index contributed by atoms with van der Waals surface area (Å²) >= 11 is 6.01. The first kappa shape index (κ1) is 17.7. The molecule has 25 heavy (non-hydrogen) atoms. The smallest absolute Gasteiger partial charge is 0.295 e. The van der Waals surface area contributed by atoms with Crippen LogP contribution in [0.25, 0.3) is 11.0 Å². The molecule has 132 valence electrons. The molecule has 0 spiro atoms. The zero-order valence-electron chi connectivity index (χ0n) is 13.6. The molecule has 0 saturated carbocycles. The molecular formula is C17H18ClN3O3S. The van der Waals surface area contributed by atoms with Crippen molar-refractivity contribution in [2.75, 3.05) is 6.54 Å². The van der Waals surface area contributed by atoms with Crippen molar-refractivity contribution in [1.82, 2.24) is 13.9 Å². The van der Waals surface area contributed by atoms with Crippen LogP contribution in [0.2, 0.25) is 5.02 Å². The maximum atomic E-state index is 12.3. The van der Waals surface area contributed by atoms with Gasteiger partial charge in [-0.25, -0.2) is 17.9 Å². The minimum absolute atomic E-state index is 0.126. The molecule has 1 aromatic heterocycles. The normalized spacial score (nSPS) is 11.9. The average Bonchev–Trinajstić information content (AvgIpc) is 2.82. The van der Waals surface area contributed by atoms with Gasteiger partial charge in [-0.05, 0) is 23.8 Å². The molecule has 0 fully saturated rings. The molecule has 2 aromatic carbocycles. The molecule has 8 heteroatoms. The molecule has 0 aliphatic carbocycles. The van der Waals surface area contributed by atoms with Crippen molar-refractivity contribution in [1.29, 1.82) is 0 Å². The van der Waals surface area contributed by atoms with Crippen LogP contribution in [0.15, 0.2) is 53.3 Å². The molecule has 6 nitrogen and oxygen atoms in total. The first-order valence-corrected chi connectivity index (χ1v) is 9.77. The highest BCUT2D eigenvalue weighted by molar-refractivity contribution is 7.88. The van der Waals surface area contributed by atoms with Gasteiger partial charge in [0.1, 0.15) is 0 Å². The van der Waals surface area contributed by atoms with E-state index in [2.05, 4.69) is 4.72 Å². The van der Waals surface area contributed by atoms with Crippen LogP contribution in [0.4, 0.5) is 0 Å².